The molecule has 2 aromatic rings. The van der Waals surface area contributed by atoms with Crippen molar-refractivity contribution in [3.8, 4) is 28.8 Å². The highest BCUT2D eigenvalue weighted by molar-refractivity contribution is 14.1. The van der Waals surface area contributed by atoms with E-state index < -0.39 is 0 Å². The van der Waals surface area contributed by atoms with Crippen LogP contribution >= 0.6 is 22.6 Å². The number of hydrogen-bond donors (Lipinski definition) is 2. The summed E-state index contributed by atoms with van der Waals surface area (Å²) in [5.41, 5.74) is 12.6. The van der Waals surface area contributed by atoms with Crippen LogP contribution in [0.5, 0.6) is 11.5 Å². The van der Waals surface area contributed by atoms with Gasteiger partial charge in [-0.15, -0.1) is 0 Å². The lowest BCUT2D eigenvalue weighted by Crippen LogP contribution is -2.06. The third-order valence-electron chi connectivity index (χ3n) is 2.99. The normalized spacial score (nSPS) is 10.0. The van der Waals surface area contributed by atoms with Gasteiger partial charge in [0.05, 0.1) is 15.9 Å². The highest BCUT2D eigenvalue weighted by Crippen LogP contribution is 2.38. The van der Waals surface area contributed by atoms with E-state index in [9.17, 15) is 5.26 Å². The average Bonchev–Trinajstić information content (AvgIpc) is 2.53. The topological polar surface area (TPSA) is 120 Å². The average molecular weight is 437 g/mol. The van der Waals surface area contributed by atoms with Gasteiger partial charge in [0, 0.05) is 5.56 Å². The largest absolute Gasteiger partial charge is 0.490 e. The van der Waals surface area contributed by atoms with Crippen molar-refractivity contribution < 1.29 is 9.47 Å². The zero-order valence-corrected chi connectivity index (χ0v) is 15.2. The number of benzene rings is 1. The van der Waals surface area contributed by atoms with Crippen molar-refractivity contribution in [2.24, 2.45) is 0 Å². The van der Waals surface area contributed by atoms with Crippen molar-refractivity contribution in [2.45, 2.75) is 6.92 Å². The monoisotopic (exact) mass is 437 g/mol. The van der Waals surface area contributed by atoms with Gasteiger partial charge in [-0.25, -0.2) is 4.98 Å². The maximum Gasteiger partial charge on any atom is 0.222 e. The molecule has 0 spiro atoms. The van der Waals surface area contributed by atoms with Crippen LogP contribution in [0.15, 0.2) is 24.8 Å². The van der Waals surface area contributed by atoms with Crippen molar-refractivity contribution in [3.05, 3.63) is 33.9 Å². The van der Waals surface area contributed by atoms with Crippen molar-refractivity contribution in [1.82, 2.24) is 9.97 Å². The third kappa shape index (κ3) is 3.68. The number of rotatable bonds is 6. The molecule has 0 aliphatic rings. The highest BCUT2D eigenvalue weighted by Gasteiger charge is 2.18. The molecule has 2 rings (SSSR count). The summed E-state index contributed by atoms with van der Waals surface area (Å²) < 4.78 is 12.1. The van der Waals surface area contributed by atoms with Crippen molar-refractivity contribution in [2.75, 3.05) is 24.7 Å². The summed E-state index contributed by atoms with van der Waals surface area (Å²) in [6, 6.07) is 5.58. The molecule has 0 saturated carbocycles. The first-order chi connectivity index (χ1) is 11.5. The van der Waals surface area contributed by atoms with Crippen LogP contribution in [0.4, 0.5) is 11.8 Å². The molecule has 0 aliphatic carbocycles. The summed E-state index contributed by atoms with van der Waals surface area (Å²) in [5, 5.41) is 9.34. The number of anilines is 2. The maximum atomic E-state index is 9.34. The van der Waals surface area contributed by atoms with Gasteiger partial charge in [0.2, 0.25) is 5.95 Å². The summed E-state index contributed by atoms with van der Waals surface area (Å²) >= 11 is 2.13. The van der Waals surface area contributed by atoms with E-state index in [1.165, 1.54) is 0 Å². The molecule has 0 aliphatic heterocycles. The Labute approximate surface area is 153 Å². The predicted octanol–water partition coefficient (Wildman–Crippen LogP) is 2.75. The number of ether oxygens (including phenoxy) is 2. The Morgan fingerprint density at radius 3 is 2.71 bits per heavy atom. The smallest absolute Gasteiger partial charge is 0.222 e. The Bertz CT molecular complexity index is 817. The lowest BCUT2D eigenvalue weighted by atomic mass is 10.1. The standard InChI is InChI=1S/C16H16IN5O2/c1-3-5-24-14-11(17)6-9(7-12(14)23-4-2)13-10(8-18)15(19)22-16(20)21-13/h3,6-7H,1,4-5H2,2H3,(H4,19,20,21,22). The lowest BCUT2D eigenvalue weighted by molar-refractivity contribution is 0.295. The van der Waals surface area contributed by atoms with E-state index in [1.807, 2.05) is 19.1 Å². The van der Waals surface area contributed by atoms with Crippen LogP contribution in [0.1, 0.15) is 12.5 Å². The molecule has 24 heavy (non-hydrogen) atoms. The van der Waals surface area contributed by atoms with Gasteiger partial charge in [-0.1, -0.05) is 12.7 Å². The molecular formula is C16H16IN5O2. The van der Waals surface area contributed by atoms with Gasteiger partial charge in [-0.2, -0.15) is 10.2 Å². The Morgan fingerprint density at radius 1 is 1.33 bits per heavy atom. The maximum absolute atomic E-state index is 9.34. The molecule has 124 valence electrons. The van der Waals surface area contributed by atoms with E-state index in [0.29, 0.717) is 36.0 Å². The minimum Gasteiger partial charge on any atom is -0.490 e. The van der Waals surface area contributed by atoms with E-state index in [4.69, 9.17) is 20.9 Å². The number of nitrogens with two attached hydrogens (primary N) is 2. The number of nitriles is 1. The Balaban J connectivity index is 2.64. The number of nitrogens with zero attached hydrogens (tertiary/aromatic N) is 3. The number of hydrogen-bond acceptors (Lipinski definition) is 7. The summed E-state index contributed by atoms with van der Waals surface area (Å²) in [6.07, 6.45) is 1.65. The molecule has 1 aromatic heterocycles. The fourth-order valence-electron chi connectivity index (χ4n) is 2.07. The van der Waals surface area contributed by atoms with Crippen LogP contribution in [0.3, 0.4) is 0 Å². The number of nitrogen functional groups attached to an aromatic ring is 2. The van der Waals surface area contributed by atoms with Gasteiger partial charge in [-0.3, -0.25) is 0 Å². The number of halogens is 1. The minimum absolute atomic E-state index is 0.00134. The Hall–Kier alpha value is -2.54. The molecule has 7 nitrogen and oxygen atoms in total. The molecule has 1 aromatic carbocycles. The second-order valence-corrected chi connectivity index (χ2v) is 5.78. The van der Waals surface area contributed by atoms with Crippen LogP contribution in [0, 0.1) is 14.9 Å². The molecule has 0 unspecified atom stereocenters. The van der Waals surface area contributed by atoms with Crippen LogP contribution in [-0.4, -0.2) is 23.2 Å². The van der Waals surface area contributed by atoms with Gasteiger partial charge in [0.1, 0.15) is 24.1 Å². The molecular weight excluding hydrogens is 421 g/mol. The quantitative estimate of drug-likeness (QED) is 0.527. The SMILES string of the molecule is C=CCOc1c(I)cc(-c2nc(N)nc(N)c2C#N)cc1OCC. The van der Waals surface area contributed by atoms with Crippen LogP contribution < -0.4 is 20.9 Å². The summed E-state index contributed by atoms with van der Waals surface area (Å²) in [6.45, 7) is 6.33. The number of aromatic nitrogens is 2. The van der Waals surface area contributed by atoms with Crippen LogP contribution in [0.2, 0.25) is 0 Å². The predicted molar refractivity (Wildman–Crippen MR) is 101 cm³/mol. The van der Waals surface area contributed by atoms with E-state index in [0.717, 1.165) is 3.57 Å². The zero-order chi connectivity index (χ0) is 17.7. The third-order valence-corrected chi connectivity index (χ3v) is 3.80. The highest BCUT2D eigenvalue weighted by atomic mass is 127. The molecule has 4 N–H and O–H groups in total. The molecule has 0 atom stereocenters. The Morgan fingerprint density at radius 2 is 2.08 bits per heavy atom. The molecule has 0 radical (unpaired) electrons. The van der Waals surface area contributed by atoms with Gasteiger partial charge in [0.15, 0.2) is 11.5 Å². The van der Waals surface area contributed by atoms with Gasteiger partial charge in [0.25, 0.3) is 0 Å². The second kappa shape index (κ2) is 7.83. The van der Waals surface area contributed by atoms with Gasteiger partial charge >= 0.3 is 0 Å². The molecule has 0 fully saturated rings. The first kappa shape index (κ1) is 17.8. The van der Waals surface area contributed by atoms with Crippen LogP contribution in [0.25, 0.3) is 11.3 Å². The first-order valence-corrected chi connectivity index (χ1v) is 8.13. The van der Waals surface area contributed by atoms with Crippen molar-refractivity contribution >= 4 is 34.4 Å². The molecule has 1 heterocycles. The molecule has 0 amide bonds. The van der Waals surface area contributed by atoms with E-state index in [-0.39, 0.29) is 17.3 Å². The Kier molecular flexibility index (Phi) is 5.81. The van der Waals surface area contributed by atoms with Gasteiger partial charge in [-0.05, 0) is 41.6 Å². The van der Waals surface area contributed by atoms with Crippen molar-refractivity contribution in [3.63, 3.8) is 0 Å². The van der Waals surface area contributed by atoms with E-state index >= 15 is 0 Å². The molecule has 0 saturated heterocycles. The summed E-state index contributed by atoms with van der Waals surface area (Å²) in [7, 11) is 0. The summed E-state index contributed by atoms with van der Waals surface area (Å²) in [5.74, 6) is 1.19. The summed E-state index contributed by atoms with van der Waals surface area (Å²) in [4.78, 5) is 7.98. The fourth-order valence-corrected chi connectivity index (χ4v) is 2.82. The lowest BCUT2D eigenvalue weighted by Gasteiger charge is -2.15. The van der Waals surface area contributed by atoms with Gasteiger partial charge < -0.3 is 20.9 Å². The second-order valence-electron chi connectivity index (χ2n) is 4.62. The first-order valence-electron chi connectivity index (χ1n) is 7.05. The molecule has 0 bridgehead atoms. The van der Waals surface area contributed by atoms with Crippen LogP contribution in [-0.2, 0) is 0 Å². The molecule has 8 heteroatoms. The zero-order valence-electron chi connectivity index (χ0n) is 13.0. The van der Waals surface area contributed by atoms with Crippen molar-refractivity contribution in [1.29, 1.82) is 5.26 Å². The van der Waals surface area contributed by atoms with E-state index in [1.54, 1.807) is 12.1 Å². The van der Waals surface area contributed by atoms with E-state index in [2.05, 4.69) is 39.1 Å². The minimum atomic E-state index is 0.00134. The fraction of sp³-hybridized carbons (Fsp3) is 0.188.